The SMILES string of the molecule is CC(C)Oc1ccc(Nc2nncc(N3CCN(C=O)CC3)n2)cc1. The molecule has 0 unspecified atom stereocenters. The Morgan fingerprint density at radius 2 is 1.88 bits per heavy atom. The molecule has 0 spiro atoms. The van der Waals surface area contributed by atoms with E-state index in [1.54, 1.807) is 11.1 Å². The van der Waals surface area contributed by atoms with Gasteiger partial charge >= 0.3 is 0 Å². The van der Waals surface area contributed by atoms with Crippen LogP contribution in [0.25, 0.3) is 0 Å². The number of hydrogen-bond donors (Lipinski definition) is 1. The molecule has 1 aromatic heterocycles. The summed E-state index contributed by atoms with van der Waals surface area (Å²) in [7, 11) is 0. The first-order valence-electron chi connectivity index (χ1n) is 8.32. The van der Waals surface area contributed by atoms with Crippen molar-refractivity contribution in [2.75, 3.05) is 36.4 Å². The van der Waals surface area contributed by atoms with Crippen molar-refractivity contribution in [3.8, 4) is 5.75 Å². The number of carbonyl (C=O) groups excluding carboxylic acids is 1. The summed E-state index contributed by atoms with van der Waals surface area (Å²) in [5.74, 6) is 2.01. The lowest BCUT2D eigenvalue weighted by Crippen LogP contribution is -2.46. The van der Waals surface area contributed by atoms with E-state index in [1.165, 1.54) is 0 Å². The Bertz CT molecular complexity index is 699. The van der Waals surface area contributed by atoms with E-state index in [1.807, 2.05) is 38.1 Å². The molecule has 1 N–H and O–H groups in total. The van der Waals surface area contributed by atoms with Gasteiger partial charge in [0.2, 0.25) is 12.4 Å². The molecule has 1 aromatic carbocycles. The highest BCUT2D eigenvalue weighted by Crippen LogP contribution is 2.20. The van der Waals surface area contributed by atoms with E-state index in [0.29, 0.717) is 19.0 Å². The number of hydrogen-bond acceptors (Lipinski definition) is 7. The molecule has 0 radical (unpaired) electrons. The minimum Gasteiger partial charge on any atom is -0.491 e. The number of piperazine rings is 1. The number of ether oxygens (including phenoxy) is 1. The summed E-state index contributed by atoms with van der Waals surface area (Å²) in [5.41, 5.74) is 0.862. The van der Waals surface area contributed by atoms with Gasteiger partial charge in [0.25, 0.3) is 0 Å². The average Bonchev–Trinajstić information content (AvgIpc) is 2.63. The Balaban J connectivity index is 1.64. The molecule has 2 heterocycles. The van der Waals surface area contributed by atoms with Crippen molar-refractivity contribution in [2.45, 2.75) is 20.0 Å². The van der Waals surface area contributed by atoms with Gasteiger partial charge in [-0.3, -0.25) is 4.79 Å². The van der Waals surface area contributed by atoms with Crippen molar-refractivity contribution in [1.29, 1.82) is 0 Å². The van der Waals surface area contributed by atoms with Crippen molar-refractivity contribution in [3.05, 3.63) is 30.5 Å². The summed E-state index contributed by atoms with van der Waals surface area (Å²) >= 11 is 0. The number of nitrogens with zero attached hydrogens (tertiary/aromatic N) is 5. The summed E-state index contributed by atoms with van der Waals surface area (Å²) in [6, 6.07) is 7.63. The standard InChI is InChI=1S/C17H22N6O2/c1-13(2)25-15-5-3-14(4-6-15)19-17-20-16(11-18-21-17)23-9-7-22(12-24)8-10-23/h3-6,11-13H,7-10H2,1-2H3,(H,19,20,21). The van der Waals surface area contributed by atoms with E-state index in [-0.39, 0.29) is 6.10 Å². The van der Waals surface area contributed by atoms with E-state index in [9.17, 15) is 4.79 Å². The van der Waals surface area contributed by atoms with E-state index in [4.69, 9.17) is 4.74 Å². The van der Waals surface area contributed by atoms with Crippen LogP contribution in [0.5, 0.6) is 5.75 Å². The number of aromatic nitrogens is 3. The third kappa shape index (κ3) is 4.56. The molecule has 132 valence electrons. The summed E-state index contributed by atoms with van der Waals surface area (Å²) in [5, 5.41) is 11.2. The summed E-state index contributed by atoms with van der Waals surface area (Å²) in [6.07, 6.45) is 2.67. The topological polar surface area (TPSA) is 83.5 Å². The van der Waals surface area contributed by atoms with Crippen LogP contribution in [0.15, 0.2) is 30.5 Å². The molecule has 3 rings (SSSR count). The maximum absolute atomic E-state index is 10.8. The molecule has 1 amide bonds. The van der Waals surface area contributed by atoms with Gasteiger partial charge in [-0.15, -0.1) is 5.10 Å². The molecule has 1 fully saturated rings. The van der Waals surface area contributed by atoms with Crippen LogP contribution in [0.4, 0.5) is 17.5 Å². The number of anilines is 3. The second-order valence-electron chi connectivity index (χ2n) is 6.08. The number of carbonyl (C=O) groups is 1. The van der Waals surface area contributed by atoms with Crippen molar-refractivity contribution in [1.82, 2.24) is 20.1 Å². The summed E-state index contributed by atoms with van der Waals surface area (Å²) in [6.45, 7) is 6.83. The lowest BCUT2D eigenvalue weighted by molar-refractivity contribution is -0.118. The second kappa shape index (κ2) is 7.78. The van der Waals surface area contributed by atoms with Gasteiger partial charge in [-0.05, 0) is 38.1 Å². The highest BCUT2D eigenvalue weighted by molar-refractivity contribution is 5.56. The molecule has 25 heavy (non-hydrogen) atoms. The Labute approximate surface area is 146 Å². The number of benzene rings is 1. The van der Waals surface area contributed by atoms with Gasteiger partial charge in [-0.2, -0.15) is 10.1 Å². The van der Waals surface area contributed by atoms with Gasteiger partial charge in [0, 0.05) is 31.9 Å². The highest BCUT2D eigenvalue weighted by atomic mass is 16.5. The maximum Gasteiger partial charge on any atom is 0.249 e. The summed E-state index contributed by atoms with van der Waals surface area (Å²) in [4.78, 5) is 19.2. The van der Waals surface area contributed by atoms with E-state index in [2.05, 4.69) is 25.4 Å². The molecular weight excluding hydrogens is 320 g/mol. The van der Waals surface area contributed by atoms with Crippen molar-refractivity contribution in [3.63, 3.8) is 0 Å². The highest BCUT2D eigenvalue weighted by Gasteiger charge is 2.17. The average molecular weight is 342 g/mol. The molecule has 1 aliphatic heterocycles. The zero-order chi connectivity index (χ0) is 17.6. The van der Waals surface area contributed by atoms with Crippen molar-refractivity contribution in [2.24, 2.45) is 0 Å². The zero-order valence-electron chi connectivity index (χ0n) is 14.4. The second-order valence-corrected chi connectivity index (χ2v) is 6.08. The molecule has 8 nitrogen and oxygen atoms in total. The zero-order valence-corrected chi connectivity index (χ0v) is 14.4. The molecule has 0 atom stereocenters. The van der Waals surface area contributed by atoms with Crippen LogP contribution >= 0.6 is 0 Å². The fraction of sp³-hybridized carbons (Fsp3) is 0.412. The third-order valence-corrected chi connectivity index (χ3v) is 3.82. The third-order valence-electron chi connectivity index (χ3n) is 3.82. The van der Waals surface area contributed by atoms with Crippen molar-refractivity contribution < 1.29 is 9.53 Å². The first-order chi connectivity index (χ1) is 12.1. The van der Waals surface area contributed by atoms with Crippen LogP contribution in [-0.4, -0.2) is 58.8 Å². The minimum atomic E-state index is 0.141. The van der Waals surface area contributed by atoms with Crippen molar-refractivity contribution >= 4 is 23.9 Å². The molecule has 8 heteroatoms. The van der Waals surface area contributed by atoms with E-state index < -0.39 is 0 Å². The van der Waals surface area contributed by atoms with Crippen LogP contribution in [0.2, 0.25) is 0 Å². The lowest BCUT2D eigenvalue weighted by atomic mass is 10.3. The molecule has 1 saturated heterocycles. The van der Waals surface area contributed by atoms with E-state index in [0.717, 1.165) is 36.8 Å². The first-order valence-corrected chi connectivity index (χ1v) is 8.32. The fourth-order valence-corrected chi connectivity index (χ4v) is 2.57. The lowest BCUT2D eigenvalue weighted by Gasteiger charge is -2.33. The quantitative estimate of drug-likeness (QED) is 0.800. The van der Waals surface area contributed by atoms with E-state index >= 15 is 0 Å². The fourth-order valence-electron chi connectivity index (χ4n) is 2.57. The maximum atomic E-state index is 10.8. The number of amides is 1. The Morgan fingerprint density at radius 1 is 1.16 bits per heavy atom. The molecule has 0 aliphatic carbocycles. The normalized spacial score (nSPS) is 14.5. The smallest absolute Gasteiger partial charge is 0.249 e. The molecule has 1 aliphatic rings. The number of rotatable bonds is 6. The number of nitrogens with one attached hydrogen (secondary N) is 1. The van der Waals surface area contributed by atoms with Crippen LogP contribution in [0, 0.1) is 0 Å². The predicted octanol–water partition coefficient (Wildman–Crippen LogP) is 1.68. The van der Waals surface area contributed by atoms with Crippen LogP contribution in [0.3, 0.4) is 0 Å². The van der Waals surface area contributed by atoms with Gasteiger partial charge < -0.3 is 19.9 Å². The van der Waals surface area contributed by atoms with Gasteiger partial charge in [-0.1, -0.05) is 0 Å². The molecule has 2 aromatic rings. The predicted molar refractivity (Wildman–Crippen MR) is 95.2 cm³/mol. The minimum absolute atomic E-state index is 0.141. The Kier molecular flexibility index (Phi) is 5.27. The van der Waals surface area contributed by atoms with Gasteiger partial charge in [0.05, 0.1) is 12.3 Å². The monoisotopic (exact) mass is 342 g/mol. The van der Waals surface area contributed by atoms with Gasteiger partial charge in [0.15, 0.2) is 5.82 Å². The van der Waals surface area contributed by atoms with Crippen LogP contribution in [-0.2, 0) is 4.79 Å². The Hall–Kier alpha value is -2.90. The summed E-state index contributed by atoms with van der Waals surface area (Å²) < 4.78 is 5.63. The molecular formula is C17H22N6O2. The molecule has 0 saturated carbocycles. The van der Waals surface area contributed by atoms with Gasteiger partial charge in [0.1, 0.15) is 5.75 Å². The van der Waals surface area contributed by atoms with Crippen LogP contribution < -0.4 is 15.0 Å². The largest absolute Gasteiger partial charge is 0.491 e. The van der Waals surface area contributed by atoms with Gasteiger partial charge in [-0.25, -0.2) is 0 Å². The first kappa shape index (κ1) is 16.9. The molecule has 0 bridgehead atoms. The Morgan fingerprint density at radius 3 is 2.52 bits per heavy atom. The van der Waals surface area contributed by atoms with Crippen LogP contribution in [0.1, 0.15) is 13.8 Å².